The minimum absolute atomic E-state index is 0.0985. The van der Waals surface area contributed by atoms with Crippen LogP contribution in [0.4, 0.5) is 0 Å². The van der Waals surface area contributed by atoms with Gasteiger partial charge >= 0.3 is 0 Å². The van der Waals surface area contributed by atoms with E-state index in [0.29, 0.717) is 5.02 Å². The SMILES string of the molecule is CC(NS(=O)(=O)c1cn[nH]c1)c1ccccc1Cl. The Hall–Kier alpha value is -1.37. The third-order valence-corrected chi connectivity index (χ3v) is 4.34. The summed E-state index contributed by atoms with van der Waals surface area (Å²) in [6.45, 7) is 1.73. The molecule has 0 saturated carbocycles. The number of sulfonamides is 1. The summed E-state index contributed by atoms with van der Waals surface area (Å²) in [5.74, 6) is 0. The monoisotopic (exact) mass is 285 g/mol. The molecule has 18 heavy (non-hydrogen) atoms. The fraction of sp³-hybridized carbons (Fsp3) is 0.182. The van der Waals surface area contributed by atoms with Gasteiger partial charge in [-0.05, 0) is 18.6 Å². The average molecular weight is 286 g/mol. The molecule has 0 radical (unpaired) electrons. The predicted molar refractivity (Wildman–Crippen MR) is 68.8 cm³/mol. The molecule has 0 bridgehead atoms. The summed E-state index contributed by atoms with van der Waals surface area (Å²) in [7, 11) is -3.58. The van der Waals surface area contributed by atoms with Gasteiger partial charge in [-0.3, -0.25) is 5.10 Å². The normalized spacial score (nSPS) is 13.4. The molecule has 1 aromatic heterocycles. The van der Waals surface area contributed by atoms with Crippen LogP contribution in [0.3, 0.4) is 0 Å². The maximum Gasteiger partial charge on any atom is 0.244 e. The van der Waals surface area contributed by atoms with Gasteiger partial charge in [0.25, 0.3) is 0 Å². The van der Waals surface area contributed by atoms with Crippen LogP contribution in [0.1, 0.15) is 18.5 Å². The van der Waals surface area contributed by atoms with Crippen LogP contribution in [0.5, 0.6) is 0 Å². The van der Waals surface area contributed by atoms with Crippen LogP contribution in [0.15, 0.2) is 41.6 Å². The smallest absolute Gasteiger partial charge is 0.244 e. The molecule has 0 aliphatic rings. The van der Waals surface area contributed by atoms with Gasteiger partial charge in [0.2, 0.25) is 10.0 Å². The van der Waals surface area contributed by atoms with Gasteiger partial charge in [0.05, 0.1) is 6.20 Å². The van der Waals surface area contributed by atoms with Crippen molar-refractivity contribution in [2.24, 2.45) is 0 Å². The van der Waals surface area contributed by atoms with Crippen molar-refractivity contribution in [2.45, 2.75) is 17.9 Å². The lowest BCUT2D eigenvalue weighted by Gasteiger charge is -2.14. The number of hydrogen-bond acceptors (Lipinski definition) is 3. The van der Waals surface area contributed by atoms with Gasteiger partial charge in [0.1, 0.15) is 4.90 Å². The molecule has 96 valence electrons. The lowest BCUT2D eigenvalue weighted by atomic mass is 10.1. The van der Waals surface area contributed by atoms with Crippen LogP contribution in [0.25, 0.3) is 0 Å². The lowest BCUT2D eigenvalue weighted by Crippen LogP contribution is -2.26. The van der Waals surface area contributed by atoms with Gasteiger partial charge in [0, 0.05) is 17.3 Å². The Morgan fingerprint density at radius 3 is 2.72 bits per heavy atom. The zero-order chi connectivity index (χ0) is 13.2. The van der Waals surface area contributed by atoms with E-state index in [1.807, 2.05) is 6.07 Å². The molecule has 1 heterocycles. The van der Waals surface area contributed by atoms with E-state index in [9.17, 15) is 8.42 Å². The van der Waals surface area contributed by atoms with E-state index in [0.717, 1.165) is 5.56 Å². The Kier molecular flexibility index (Phi) is 3.70. The molecular weight excluding hydrogens is 274 g/mol. The third-order valence-electron chi connectivity index (χ3n) is 2.49. The molecule has 0 amide bonds. The van der Waals surface area contributed by atoms with Gasteiger partial charge in [-0.1, -0.05) is 29.8 Å². The van der Waals surface area contributed by atoms with Crippen molar-refractivity contribution in [3.63, 3.8) is 0 Å². The summed E-state index contributed by atoms with van der Waals surface area (Å²) in [5.41, 5.74) is 0.728. The summed E-state index contributed by atoms with van der Waals surface area (Å²) in [6, 6.07) is 6.69. The zero-order valence-corrected chi connectivity index (χ0v) is 11.2. The van der Waals surface area contributed by atoms with Gasteiger partial charge in [0.15, 0.2) is 0 Å². The molecular formula is C11H12ClN3O2S. The number of hydrogen-bond donors (Lipinski definition) is 2. The number of aromatic nitrogens is 2. The van der Waals surface area contributed by atoms with Crippen molar-refractivity contribution in [3.05, 3.63) is 47.2 Å². The number of H-pyrrole nitrogens is 1. The fourth-order valence-corrected chi connectivity index (χ4v) is 3.00. The lowest BCUT2D eigenvalue weighted by molar-refractivity contribution is 0.567. The van der Waals surface area contributed by atoms with E-state index in [4.69, 9.17) is 11.6 Å². The first-order valence-corrected chi connectivity index (χ1v) is 7.12. The number of aromatic amines is 1. The van der Waals surface area contributed by atoms with Gasteiger partial charge in [-0.15, -0.1) is 0 Å². The van der Waals surface area contributed by atoms with Crippen molar-refractivity contribution in [3.8, 4) is 0 Å². The molecule has 2 aromatic rings. The van der Waals surface area contributed by atoms with Crippen molar-refractivity contribution >= 4 is 21.6 Å². The third kappa shape index (κ3) is 2.72. The highest BCUT2D eigenvalue weighted by Crippen LogP contribution is 2.23. The van der Waals surface area contributed by atoms with Crippen LogP contribution in [-0.2, 0) is 10.0 Å². The topological polar surface area (TPSA) is 74.8 Å². The van der Waals surface area contributed by atoms with Crippen molar-refractivity contribution in [2.75, 3.05) is 0 Å². The van der Waals surface area contributed by atoms with E-state index in [1.54, 1.807) is 25.1 Å². The quantitative estimate of drug-likeness (QED) is 0.903. The highest BCUT2D eigenvalue weighted by atomic mass is 35.5. The Balaban J connectivity index is 2.23. The van der Waals surface area contributed by atoms with Crippen LogP contribution < -0.4 is 4.72 Å². The standard InChI is InChI=1S/C11H12ClN3O2S/c1-8(10-4-2-3-5-11(10)12)15-18(16,17)9-6-13-14-7-9/h2-8,15H,1H3,(H,13,14). The van der Waals surface area contributed by atoms with Gasteiger partial charge in [-0.2, -0.15) is 5.10 Å². The van der Waals surface area contributed by atoms with Crippen LogP contribution in [0.2, 0.25) is 5.02 Å². The fourth-order valence-electron chi connectivity index (χ4n) is 1.58. The van der Waals surface area contributed by atoms with Crippen molar-refractivity contribution in [1.29, 1.82) is 0 Å². The summed E-state index contributed by atoms with van der Waals surface area (Å²) in [6.07, 6.45) is 2.57. The van der Waals surface area contributed by atoms with Crippen LogP contribution >= 0.6 is 11.6 Å². The molecule has 7 heteroatoms. The van der Waals surface area contributed by atoms with E-state index in [2.05, 4.69) is 14.9 Å². The minimum Gasteiger partial charge on any atom is -0.284 e. The second kappa shape index (κ2) is 5.09. The second-order valence-corrected chi connectivity index (χ2v) is 5.92. The average Bonchev–Trinajstić information content (AvgIpc) is 2.82. The van der Waals surface area contributed by atoms with E-state index in [-0.39, 0.29) is 4.90 Å². The Labute approximate surface area is 110 Å². The summed E-state index contributed by atoms with van der Waals surface area (Å²) in [5, 5.41) is 6.61. The van der Waals surface area contributed by atoms with Gasteiger partial charge in [-0.25, -0.2) is 13.1 Å². The molecule has 0 spiro atoms. The molecule has 2 rings (SSSR count). The highest BCUT2D eigenvalue weighted by molar-refractivity contribution is 7.89. The molecule has 0 aliphatic heterocycles. The van der Waals surface area contributed by atoms with Gasteiger partial charge < -0.3 is 0 Å². The maximum absolute atomic E-state index is 12.0. The Morgan fingerprint density at radius 1 is 1.39 bits per heavy atom. The molecule has 1 unspecified atom stereocenters. The number of halogens is 1. The summed E-state index contributed by atoms with van der Waals surface area (Å²) >= 11 is 6.02. The predicted octanol–water partition coefficient (Wildman–Crippen LogP) is 2.10. The van der Waals surface area contributed by atoms with Crippen LogP contribution in [0, 0.1) is 0 Å². The summed E-state index contributed by atoms with van der Waals surface area (Å²) in [4.78, 5) is 0.0985. The van der Waals surface area contributed by atoms with Crippen molar-refractivity contribution in [1.82, 2.24) is 14.9 Å². The molecule has 1 atom stereocenters. The minimum atomic E-state index is -3.58. The van der Waals surface area contributed by atoms with E-state index >= 15 is 0 Å². The van der Waals surface area contributed by atoms with E-state index in [1.165, 1.54) is 12.4 Å². The van der Waals surface area contributed by atoms with Crippen LogP contribution in [-0.4, -0.2) is 18.6 Å². The maximum atomic E-state index is 12.0. The zero-order valence-electron chi connectivity index (χ0n) is 9.59. The largest absolute Gasteiger partial charge is 0.284 e. The first kappa shape index (κ1) is 13.1. The van der Waals surface area contributed by atoms with Crippen molar-refractivity contribution < 1.29 is 8.42 Å². The number of nitrogens with one attached hydrogen (secondary N) is 2. The number of nitrogens with zero attached hydrogens (tertiary/aromatic N) is 1. The Morgan fingerprint density at radius 2 is 2.11 bits per heavy atom. The first-order chi connectivity index (χ1) is 8.50. The molecule has 0 fully saturated rings. The molecule has 1 aromatic carbocycles. The molecule has 2 N–H and O–H groups in total. The first-order valence-electron chi connectivity index (χ1n) is 5.26. The number of benzene rings is 1. The second-order valence-electron chi connectivity index (χ2n) is 3.80. The molecule has 0 aliphatic carbocycles. The number of rotatable bonds is 4. The molecule has 0 saturated heterocycles. The molecule has 5 nitrogen and oxygen atoms in total. The highest BCUT2D eigenvalue weighted by Gasteiger charge is 2.20. The van der Waals surface area contributed by atoms with E-state index < -0.39 is 16.1 Å². The Bertz CT molecular complexity index is 625. The summed E-state index contributed by atoms with van der Waals surface area (Å²) < 4.78 is 26.5.